The van der Waals surface area contributed by atoms with Crippen LogP contribution in [0.25, 0.3) is 0 Å². The molecule has 0 saturated carbocycles. The van der Waals surface area contributed by atoms with Crippen LogP contribution >= 0.6 is 0 Å². The highest BCUT2D eigenvalue weighted by Crippen LogP contribution is 2.23. The maximum Gasteiger partial charge on any atom is 0.228 e. The third-order valence-corrected chi connectivity index (χ3v) is 4.63. The van der Waals surface area contributed by atoms with Crippen molar-refractivity contribution in [2.75, 3.05) is 26.2 Å². The van der Waals surface area contributed by atoms with Crippen molar-refractivity contribution in [1.82, 2.24) is 9.80 Å². The molecule has 2 atom stereocenters. The zero-order chi connectivity index (χ0) is 17.9. The Morgan fingerprint density at radius 2 is 1.50 bits per heavy atom. The van der Waals surface area contributed by atoms with E-state index in [9.17, 15) is 9.59 Å². The van der Waals surface area contributed by atoms with Crippen molar-refractivity contribution >= 4 is 11.8 Å². The van der Waals surface area contributed by atoms with Gasteiger partial charge in [0.1, 0.15) is 0 Å². The molecule has 0 aliphatic carbocycles. The SMILES string of the molecule is CC(C(=O)N1CCN(C(=O)C(C)(C)C)CC1)C(N)c1ccccc1. The summed E-state index contributed by atoms with van der Waals surface area (Å²) in [5.74, 6) is -0.0740. The summed E-state index contributed by atoms with van der Waals surface area (Å²) in [7, 11) is 0. The highest BCUT2D eigenvalue weighted by Gasteiger charge is 2.33. The molecule has 1 aromatic carbocycles. The Morgan fingerprint density at radius 1 is 1.00 bits per heavy atom. The molecule has 2 rings (SSSR count). The summed E-state index contributed by atoms with van der Waals surface area (Å²) < 4.78 is 0. The van der Waals surface area contributed by atoms with Gasteiger partial charge in [0.05, 0.1) is 5.92 Å². The van der Waals surface area contributed by atoms with Gasteiger partial charge in [0.15, 0.2) is 0 Å². The number of amides is 2. The molecule has 0 aromatic heterocycles. The average Bonchev–Trinajstić information content (AvgIpc) is 2.59. The topological polar surface area (TPSA) is 66.6 Å². The molecule has 0 radical (unpaired) electrons. The number of nitrogens with two attached hydrogens (primary N) is 1. The average molecular weight is 331 g/mol. The molecule has 5 heteroatoms. The molecule has 2 amide bonds. The quantitative estimate of drug-likeness (QED) is 0.922. The lowest BCUT2D eigenvalue weighted by atomic mass is 9.93. The Morgan fingerprint density at radius 3 is 2.00 bits per heavy atom. The molecule has 132 valence electrons. The Bertz CT molecular complexity index is 572. The first-order valence-corrected chi connectivity index (χ1v) is 8.60. The molecule has 2 unspecified atom stereocenters. The van der Waals surface area contributed by atoms with Crippen molar-refractivity contribution in [2.24, 2.45) is 17.1 Å². The molecule has 0 spiro atoms. The molecule has 1 fully saturated rings. The highest BCUT2D eigenvalue weighted by molar-refractivity contribution is 5.83. The normalized spacial score (nSPS) is 18.2. The summed E-state index contributed by atoms with van der Waals surface area (Å²) in [5.41, 5.74) is 6.86. The summed E-state index contributed by atoms with van der Waals surface area (Å²) in [4.78, 5) is 28.7. The summed E-state index contributed by atoms with van der Waals surface area (Å²) >= 11 is 0. The molecule has 24 heavy (non-hydrogen) atoms. The number of rotatable bonds is 3. The van der Waals surface area contributed by atoms with E-state index in [1.807, 2.05) is 67.8 Å². The molecule has 2 N–H and O–H groups in total. The van der Waals surface area contributed by atoms with Gasteiger partial charge >= 0.3 is 0 Å². The van der Waals surface area contributed by atoms with Gasteiger partial charge in [-0.3, -0.25) is 9.59 Å². The van der Waals surface area contributed by atoms with Crippen molar-refractivity contribution in [3.05, 3.63) is 35.9 Å². The minimum Gasteiger partial charge on any atom is -0.339 e. The van der Waals surface area contributed by atoms with Crippen LogP contribution in [-0.4, -0.2) is 47.8 Å². The lowest BCUT2D eigenvalue weighted by Gasteiger charge is -2.39. The number of benzene rings is 1. The lowest BCUT2D eigenvalue weighted by Crippen LogP contribution is -2.54. The number of nitrogens with zero attached hydrogens (tertiary/aromatic N) is 2. The standard InChI is InChI=1S/C19H29N3O2/c1-14(16(20)15-8-6-5-7-9-15)17(23)21-10-12-22(13-11-21)18(24)19(2,3)4/h5-9,14,16H,10-13,20H2,1-4H3. The molecule has 1 aliphatic rings. The number of hydrogen-bond donors (Lipinski definition) is 1. The first kappa shape index (κ1) is 18.5. The van der Waals surface area contributed by atoms with Gasteiger partial charge in [-0.05, 0) is 5.56 Å². The Labute approximate surface area is 144 Å². The van der Waals surface area contributed by atoms with E-state index in [-0.39, 0.29) is 29.2 Å². The fourth-order valence-electron chi connectivity index (χ4n) is 3.01. The predicted molar refractivity (Wildman–Crippen MR) is 95.1 cm³/mol. The van der Waals surface area contributed by atoms with E-state index in [2.05, 4.69) is 0 Å². The van der Waals surface area contributed by atoms with Crippen molar-refractivity contribution in [3.63, 3.8) is 0 Å². The van der Waals surface area contributed by atoms with Gasteiger partial charge < -0.3 is 15.5 Å². The summed E-state index contributed by atoms with van der Waals surface area (Å²) in [5, 5.41) is 0. The summed E-state index contributed by atoms with van der Waals surface area (Å²) in [6.45, 7) is 9.99. The third-order valence-electron chi connectivity index (χ3n) is 4.63. The number of hydrogen-bond acceptors (Lipinski definition) is 3. The van der Waals surface area contributed by atoms with Crippen LogP contribution in [0.5, 0.6) is 0 Å². The maximum absolute atomic E-state index is 12.7. The van der Waals surface area contributed by atoms with E-state index in [0.717, 1.165) is 5.56 Å². The lowest BCUT2D eigenvalue weighted by molar-refractivity contribution is -0.146. The van der Waals surface area contributed by atoms with Crippen LogP contribution < -0.4 is 5.73 Å². The van der Waals surface area contributed by atoms with Crippen LogP contribution in [-0.2, 0) is 9.59 Å². The molecule has 1 aromatic rings. The largest absolute Gasteiger partial charge is 0.339 e. The first-order chi connectivity index (χ1) is 11.2. The molecule has 1 heterocycles. The van der Waals surface area contributed by atoms with Crippen molar-refractivity contribution in [1.29, 1.82) is 0 Å². The molecule has 5 nitrogen and oxygen atoms in total. The minimum absolute atomic E-state index is 0.0641. The van der Waals surface area contributed by atoms with Crippen LogP contribution in [0.15, 0.2) is 30.3 Å². The number of carbonyl (C=O) groups excluding carboxylic acids is 2. The van der Waals surface area contributed by atoms with E-state index in [1.165, 1.54) is 0 Å². The predicted octanol–water partition coefficient (Wildman–Crippen LogP) is 2.04. The van der Waals surface area contributed by atoms with Gasteiger partial charge in [-0.25, -0.2) is 0 Å². The summed E-state index contributed by atoms with van der Waals surface area (Å²) in [6.07, 6.45) is 0. The number of piperazine rings is 1. The molecule has 1 saturated heterocycles. The first-order valence-electron chi connectivity index (χ1n) is 8.60. The zero-order valence-electron chi connectivity index (χ0n) is 15.2. The fourth-order valence-corrected chi connectivity index (χ4v) is 3.01. The van der Waals surface area contributed by atoms with Gasteiger partial charge in [-0.15, -0.1) is 0 Å². The second-order valence-corrected chi connectivity index (χ2v) is 7.59. The van der Waals surface area contributed by atoms with Crippen LogP contribution in [0.2, 0.25) is 0 Å². The van der Waals surface area contributed by atoms with Gasteiger partial charge in [0, 0.05) is 37.6 Å². The Balaban J connectivity index is 1.94. The van der Waals surface area contributed by atoms with Crippen molar-refractivity contribution < 1.29 is 9.59 Å². The van der Waals surface area contributed by atoms with Crippen LogP contribution in [0.1, 0.15) is 39.3 Å². The minimum atomic E-state index is -0.380. The fraction of sp³-hybridized carbons (Fsp3) is 0.579. The molecule has 0 bridgehead atoms. The summed E-state index contributed by atoms with van der Waals surface area (Å²) in [6, 6.07) is 9.40. The van der Waals surface area contributed by atoms with Gasteiger partial charge in [-0.2, -0.15) is 0 Å². The molecule has 1 aliphatic heterocycles. The van der Waals surface area contributed by atoms with E-state index in [0.29, 0.717) is 26.2 Å². The monoisotopic (exact) mass is 331 g/mol. The van der Waals surface area contributed by atoms with Crippen molar-refractivity contribution in [3.8, 4) is 0 Å². The maximum atomic E-state index is 12.7. The van der Waals surface area contributed by atoms with E-state index in [1.54, 1.807) is 0 Å². The Kier molecular flexibility index (Phi) is 5.65. The van der Waals surface area contributed by atoms with Crippen LogP contribution in [0, 0.1) is 11.3 Å². The zero-order valence-corrected chi connectivity index (χ0v) is 15.2. The number of carbonyl (C=O) groups is 2. The van der Waals surface area contributed by atoms with E-state index >= 15 is 0 Å². The highest BCUT2D eigenvalue weighted by atomic mass is 16.2. The van der Waals surface area contributed by atoms with Crippen LogP contribution in [0.3, 0.4) is 0 Å². The second kappa shape index (κ2) is 7.34. The molecular weight excluding hydrogens is 302 g/mol. The van der Waals surface area contributed by atoms with E-state index in [4.69, 9.17) is 5.73 Å². The smallest absolute Gasteiger partial charge is 0.228 e. The van der Waals surface area contributed by atoms with Gasteiger partial charge in [0.2, 0.25) is 11.8 Å². The molecular formula is C19H29N3O2. The van der Waals surface area contributed by atoms with Gasteiger partial charge in [-0.1, -0.05) is 58.0 Å². The second-order valence-electron chi connectivity index (χ2n) is 7.59. The third kappa shape index (κ3) is 4.15. The Hall–Kier alpha value is -1.88. The van der Waals surface area contributed by atoms with E-state index < -0.39 is 0 Å². The van der Waals surface area contributed by atoms with Crippen molar-refractivity contribution in [2.45, 2.75) is 33.7 Å². The van der Waals surface area contributed by atoms with Gasteiger partial charge in [0.25, 0.3) is 0 Å². The van der Waals surface area contributed by atoms with Crippen LogP contribution in [0.4, 0.5) is 0 Å².